The van der Waals surface area contributed by atoms with E-state index in [1.165, 1.54) is 23.1 Å². The first-order valence-corrected chi connectivity index (χ1v) is 6.81. The molecule has 0 unspecified atom stereocenters. The van der Waals surface area contributed by atoms with Crippen LogP contribution in [0.1, 0.15) is 0 Å². The van der Waals surface area contributed by atoms with Gasteiger partial charge in [-0.25, -0.2) is 0 Å². The topological polar surface area (TPSA) is 55.0 Å². The lowest BCUT2D eigenvalue weighted by atomic mass is 10.3. The zero-order valence-electron chi connectivity index (χ0n) is 9.35. The van der Waals surface area contributed by atoms with Gasteiger partial charge in [0.25, 0.3) is 0 Å². The molecule has 2 rings (SSSR count). The summed E-state index contributed by atoms with van der Waals surface area (Å²) in [5.41, 5.74) is 6.53. The van der Waals surface area contributed by atoms with Crippen LogP contribution in [-0.2, 0) is 0 Å². The molecule has 7 heteroatoms. The van der Waals surface area contributed by atoms with Crippen LogP contribution < -0.4 is 10.6 Å². The summed E-state index contributed by atoms with van der Waals surface area (Å²) in [6, 6.07) is 5.46. The van der Waals surface area contributed by atoms with E-state index < -0.39 is 0 Å². The van der Waals surface area contributed by atoms with Crippen molar-refractivity contribution in [2.75, 3.05) is 24.7 Å². The zero-order valence-corrected chi connectivity index (χ0v) is 11.7. The molecule has 0 aliphatic rings. The number of hydrogen-bond acceptors (Lipinski definition) is 6. The zero-order chi connectivity index (χ0) is 12.4. The van der Waals surface area contributed by atoms with Gasteiger partial charge in [0.15, 0.2) is 4.34 Å². The number of benzene rings is 1. The van der Waals surface area contributed by atoms with Crippen molar-refractivity contribution in [1.82, 2.24) is 10.2 Å². The van der Waals surface area contributed by atoms with Crippen LogP contribution in [0.4, 0.5) is 10.8 Å². The van der Waals surface area contributed by atoms with E-state index >= 15 is 0 Å². The summed E-state index contributed by atoms with van der Waals surface area (Å²) < 4.78 is 0.827. The van der Waals surface area contributed by atoms with E-state index in [-0.39, 0.29) is 0 Å². The monoisotopic (exact) mass is 286 g/mol. The van der Waals surface area contributed by atoms with Gasteiger partial charge in [0.2, 0.25) is 5.13 Å². The van der Waals surface area contributed by atoms with Gasteiger partial charge in [-0.3, -0.25) is 0 Å². The van der Waals surface area contributed by atoms with E-state index in [0.717, 1.165) is 14.4 Å². The SMILES string of the molecule is CN(C)c1nnc(Sc2c(N)cccc2Cl)s1. The summed E-state index contributed by atoms with van der Waals surface area (Å²) in [4.78, 5) is 2.74. The third-order valence-electron chi connectivity index (χ3n) is 1.97. The number of nitrogens with zero attached hydrogens (tertiary/aromatic N) is 3. The van der Waals surface area contributed by atoms with Crippen molar-refractivity contribution in [2.24, 2.45) is 0 Å². The summed E-state index contributed by atoms with van der Waals surface area (Å²) in [5.74, 6) is 0. The first-order valence-electron chi connectivity index (χ1n) is 4.80. The molecule has 0 bridgehead atoms. The van der Waals surface area contributed by atoms with Crippen molar-refractivity contribution in [3.8, 4) is 0 Å². The Morgan fingerprint density at radius 3 is 2.71 bits per heavy atom. The minimum Gasteiger partial charge on any atom is -0.398 e. The van der Waals surface area contributed by atoms with Gasteiger partial charge in [-0.05, 0) is 12.1 Å². The number of anilines is 2. The van der Waals surface area contributed by atoms with Crippen LogP contribution in [0, 0.1) is 0 Å². The van der Waals surface area contributed by atoms with Crippen molar-refractivity contribution in [3.05, 3.63) is 23.2 Å². The third-order valence-corrected chi connectivity index (χ3v) is 4.69. The predicted octanol–water partition coefficient (Wildman–Crippen LogP) is 2.99. The Hall–Kier alpha value is -0.980. The minimum absolute atomic E-state index is 0.636. The van der Waals surface area contributed by atoms with E-state index in [0.29, 0.717) is 10.7 Å². The summed E-state index contributed by atoms with van der Waals surface area (Å²) in [7, 11) is 3.86. The van der Waals surface area contributed by atoms with Gasteiger partial charge in [0.1, 0.15) is 0 Å². The highest BCUT2D eigenvalue weighted by molar-refractivity contribution is 8.01. The van der Waals surface area contributed by atoms with Gasteiger partial charge < -0.3 is 10.6 Å². The van der Waals surface area contributed by atoms with Gasteiger partial charge >= 0.3 is 0 Å². The van der Waals surface area contributed by atoms with E-state index in [1.54, 1.807) is 0 Å². The van der Waals surface area contributed by atoms with Crippen LogP contribution >= 0.6 is 34.7 Å². The average Bonchev–Trinajstić information content (AvgIpc) is 2.72. The second-order valence-corrected chi connectivity index (χ2v) is 6.13. The molecule has 17 heavy (non-hydrogen) atoms. The number of halogens is 1. The molecule has 0 amide bonds. The molecule has 0 spiro atoms. The van der Waals surface area contributed by atoms with Crippen molar-refractivity contribution in [3.63, 3.8) is 0 Å². The van der Waals surface area contributed by atoms with Crippen LogP contribution in [-0.4, -0.2) is 24.3 Å². The lowest BCUT2D eigenvalue weighted by Gasteiger charge is -2.05. The molecule has 1 aromatic heterocycles. The van der Waals surface area contributed by atoms with E-state index in [9.17, 15) is 0 Å². The summed E-state index contributed by atoms with van der Waals surface area (Å²) in [6.45, 7) is 0. The van der Waals surface area contributed by atoms with Gasteiger partial charge in [0, 0.05) is 19.8 Å². The second-order valence-electron chi connectivity index (χ2n) is 3.51. The molecule has 0 aliphatic carbocycles. The number of rotatable bonds is 3. The van der Waals surface area contributed by atoms with Gasteiger partial charge in [-0.1, -0.05) is 40.8 Å². The standard InChI is InChI=1S/C10H11ClN4S2/c1-15(2)9-13-14-10(17-9)16-8-6(11)4-3-5-7(8)12/h3-5H,12H2,1-2H3. The Morgan fingerprint density at radius 2 is 2.12 bits per heavy atom. The van der Waals surface area contributed by atoms with Crippen molar-refractivity contribution in [1.29, 1.82) is 0 Å². The van der Waals surface area contributed by atoms with Gasteiger partial charge in [-0.15, -0.1) is 10.2 Å². The van der Waals surface area contributed by atoms with E-state index in [1.807, 2.05) is 37.2 Å². The van der Waals surface area contributed by atoms with Crippen LogP contribution in [0.15, 0.2) is 27.4 Å². The molecule has 0 saturated carbocycles. The maximum absolute atomic E-state index is 6.09. The Kier molecular flexibility index (Phi) is 3.76. The van der Waals surface area contributed by atoms with Crippen LogP contribution in [0.5, 0.6) is 0 Å². The van der Waals surface area contributed by atoms with Crippen molar-refractivity contribution in [2.45, 2.75) is 9.24 Å². The fraction of sp³-hybridized carbons (Fsp3) is 0.200. The van der Waals surface area contributed by atoms with Crippen LogP contribution in [0.3, 0.4) is 0 Å². The summed E-state index contributed by atoms with van der Waals surface area (Å²) in [5, 5.41) is 9.65. The first kappa shape index (κ1) is 12.5. The Bertz CT molecular complexity index is 507. The number of aromatic nitrogens is 2. The van der Waals surface area contributed by atoms with Crippen molar-refractivity contribution < 1.29 is 0 Å². The minimum atomic E-state index is 0.636. The molecule has 0 radical (unpaired) electrons. The Morgan fingerprint density at radius 1 is 1.35 bits per heavy atom. The molecule has 0 aliphatic heterocycles. The molecular formula is C10H11ClN4S2. The molecule has 1 aromatic carbocycles. The molecule has 90 valence electrons. The highest BCUT2D eigenvalue weighted by atomic mass is 35.5. The fourth-order valence-electron chi connectivity index (χ4n) is 1.15. The normalized spacial score (nSPS) is 10.5. The average molecular weight is 287 g/mol. The van der Waals surface area contributed by atoms with Gasteiger partial charge in [0.05, 0.1) is 9.92 Å². The highest BCUT2D eigenvalue weighted by Gasteiger charge is 2.11. The smallest absolute Gasteiger partial charge is 0.208 e. The maximum Gasteiger partial charge on any atom is 0.208 e. The molecule has 0 saturated heterocycles. The predicted molar refractivity (Wildman–Crippen MR) is 74.2 cm³/mol. The summed E-state index contributed by atoms with van der Waals surface area (Å²) in [6.07, 6.45) is 0. The molecule has 1 heterocycles. The Labute approximate surface area is 113 Å². The molecule has 2 N–H and O–H groups in total. The third kappa shape index (κ3) is 2.83. The largest absolute Gasteiger partial charge is 0.398 e. The number of hydrogen-bond donors (Lipinski definition) is 1. The molecule has 2 aromatic rings. The van der Waals surface area contributed by atoms with Crippen molar-refractivity contribution >= 4 is 45.5 Å². The van der Waals surface area contributed by atoms with Crippen LogP contribution in [0.25, 0.3) is 0 Å². The van der Waals surface area contributed by atoms with E-state index in [4.69, 9.17) is 17.3 Å². The lowest BCUT2D eigenvalue weighted by molar-refractivity contribution is 0.973. The van der Waals surface area contributed by atoms with Crippen LogP contribution in [0.2, 0.25) is 5.02 Å². The number of nitrogens with two attached hydrogens (primary N) is 1. The quantitative estimate of drug-likeness (QED) is 0.879. The van der Waals surface area contributed by atoms with Gasteiger partial charge in [-0.2, -0.15) is 0 Å². The molecule has 0 fully saturated rings. The molecule has 4 nitrogen and oxygen atoms in total. The molecule has 0 atom stereocenters. The fourth-order valence-corrected chi connectivity index (χ4v) is 3.19. The molecular weight excluding hydrogens is 276 g/mol. The Balaban J connectivity index is 2.25. The maximum atomic E-state index is 6.09. The summed E-state index contributed by atoms with van der Waals surface area (Å²) >= 11 is 9.04. The lowest BCUT2D eigenvalue weighted by Crippen LogP contribution is -2.07. The second kappa shape index (κ2) is 5.12. The van der Waals surface area contributed by atoms with E-state index in [2.05, 4.69) is 10.2 Å². The number of nitrogen functional groups attached to an aromatic ring is 1. The highest BCUT2D eigenvalue weighted by Crippen LogP contribution is 2.39. The first-order chi connectivity index (χ1) is 8.08.